The predicted octanol–water partition coefficient (Wildman–Crippen LogP) is 1.17. The summed E-state index contributed by atoms with van der Waals surface area (Å²) in [6.07, 6.45) is 2.12. The van der Waals surface area contributed by atoms with Gasteiger partial charge in [0.15, 0.2) is 5.78 Å². The molecule has 56 valence electrons. The Morgan fingerprint density at radius 2 is 2.50 bits per heavy atom. The summed E-state index contributed by atoms with van der Waals surface area (Å²) in [5, 5.41) is 0. The molecule has 0 spiro atoms. The third kappa shape index (κ3) is 1.27. The van der Waals surface area contributed by atoms with Crippen molar-refractivity contribution in [1.29, 1.82) is 0 Å². The Labute approximate surface area is 60.9 Å². The van der Waals surface area contributed by atoms with Gasteiger partial charge in [0.05, 0.1) is 0 Å². The SMILES string of the molecule is C=CC(=O)C1OCCC1C. The van der Waals surface area contributed by atoms with Gasteiger partial charge in [-0.2, -0.15) is 0 Å². The number of carbonyl (C=O) groups excluding carboxylic acids is 1. The lowest BCUT2D eigenvalue weighted by atomic mass is 10.0. The maximum atomic E-state index is 11.0. The molecule has 1 fully saturated rings. The molecule has 1 rings (SSSR count). The first-order valence-corrected chi connectivity index (χ1v) is 3.53. The molecule has 1 aliphatic rings. The van der Waals surface area contributed by atoms with E-state index >= 15 is 0 Å². The molecule has 0 bridgehead atoms. The van der Waals surface area contributed by atoms with Gasteiger partial charge in [-0.05, 0) is 18.4 Å². The maximum Gasteiger partial charge on any atom is 0.184 e. The van der Waals surface area contributed by atoms with Crippen LogP contribution in [-0.4, -0.2) is 18.5 Å². The van der Waals surface area contributed by atoms with Crippen LogP contribution in [0.2, 0.25) is 0 Å². The summed E-state index contributed by atoms with van der Waals surface area (Å²) in [5.41, 5.74) is 0. The van der Waals surface area contributed by atoms with Crippen molar-refractivity contribution in [2.45, 2.75) is 19.4 Å². The fourth-order valence-electron chi connectivity index (χ4n) is 1.18. The van der Waals surface area contributed by atoms with Crippen molar-refractivity contribution >= 4 is 5.78 Å². The molecule has 2 atom stereocenters. The van der Waals surface area contributed by atoms with E-state index in [1.165, 1.54) is 6.08 Å². The fourth-order valence-corrected chi connectivity index (χ4v) is 1.18. The van der Waals surface area contributed by atoms with E-state index in [1.54, 1.807) is 0 Å². The van der Waals surface area contributed by atoms with Crippen LogP contribution in [0, 0.1) is 5.92 Å². The molecule has 0 aromatic rings. The smallest absolute Gasteiger partial charge is 0.184 e. The van der Waals surface area contributed by atoms with Crippen molar-refractivity contribution < 1.29 is 9.53 Å². The molecular weight excluding hydrogens is 128 g/mol. The third-order valence-electron chi connectivity index (χ3n) is 1.87. The van der Waals surface area contributed by atoms with E-state index in [1.807, 2.05) is 6.92 Å². The lowest BCUT2D eigenvalue weighted by Crippen LogP contribution is -2.22. The molecule has 1 saturated heterocycles. The van der Waals surface area contributed by atoms with Crippen LogP contribution in [0.15, 0.2) is 12.7 Å². The van der Waals surface area contributed by atoms with E-state index in [0.29, 0.717) is 12.5 Å². The van der Waals surface area contributed by atoms with E-state index in [-0.39, 0.29) is 11.9 Å². The van der Waals surface area contributed by atoms with Gasteiger partial charge in [0.25, 0.3) is 0 Å². The molecule has 0 radical (unpaired) electrons. The first-order valence-electron chi connectivity index (χ1n) is 3.53. The Morgan fingerprint density at radius 3 is 2.90 bits per heavy atom. The van der Waals surface area contributed by atoms with Crippen molar-refractivity contribution in [3.8, 4) is 0 Å². The molecule has 2 heteroatoms. The average Bonchev–Trinajstić information content (AvgIpc) is 2.34. The molecule has 2 unspecified atom stereocenters. The van der Waals surface area contributed by atoms with E-state index in [9.17, 15) is 4.79 Å². The minimum Gasteiger partial charge on any atom is -0.370 e. The third-order valence-corrected chi connectivity index (χ3v) is 1.87. The van der Waals surface area contributed by atoms with Gasteiger partial charge in [-0.3, -0.25) is 4.79 Å². The molecule has 2 nitrogen and oxygen atoms in total. The zero-order valence-electron chi connectivity index (χ0n) is 6.17. The number of rotatable bonds is 2. The standard InChI is InChI=1S/C8H12O2/c1-3-7(9)8-6(2)4-5-10-8/h3,6,8H,1,4-5H2,2H3. The summed E-state index contributed by atoms with van der Waals surface area (Å²) in [5.74, 6) is 0.385. The van der Waals surface area contributed by atoms with Crippen molar-refractivity contribution in [3.63, 3.8) is 0 Å². The van der Waals surface area contributed by atoms with Crippen LogP contribution >= 0.6 is 0 Å². The van der Waals surface area contributed by atoms with Gasteiger partial charge in [0.2, 0.25) is 0 Å². The summed E-state index contributed by atoms with van der Waals surface area (Å²) < 4.78 is 5.20. The number of hydrogen-bond donors (Lipinski definition) is 0. The van der Waals surface area contributed by atoms with Crippen LogP contribution in [0.4, 0.5) is 0 Å². The Bertz CT molecular complexity index is 151. The highest BCUT2D eigenvalue weighted by atomic mass is 16.5. The molecule has 1 heterocycles. The Kier molecular flexibility index (Phi) is 2.22. The van der Waals surface area contributed by atoms with Gasteiger partial charge < -0.3 is 4.74 Å². The highest BCUT2D eigenvalue weighted by Gasteiger charge is 2.28. The van der Waals surface area contributed by atoms with E-state index in [0.717, 1.165) is 6.42 Å². The second-order valence-electron chi connectivity index (χ2n) is 2.66. The van der Waals surface area contributed by atoms with Gasteiger partial charge in [0.1, 0.15) is 6.10 Å². The van der Waals surface area contributed by atoms with Crippen molar-refractivity contribution in [1.82, 2.24) is 0 Å². The molecule has 0 N–H and O–H groups in total. The molecule has 0 amide bonds. The summed E-state index contributed by atoms with van der Waals surface area (Å²) >= 11 is 0. The second-order valence-corrected chi connectivity index (χ2v) is 2.66. The molecular formula is C8H12O2. The normalized spacial score (nSPS) is 32.1. The van der Waals surface area contributed by atoms with Gasteiger partial charge in [-0.15, -0.1) is 0 Å². The zero-order valence-corrected chi connectivity index (χ0v) is 6.17. The van der Waals surface area contributed by atoms with Crippen LogP contribution in [0.25, 0.3) is 0 Å². The Balaban J connectivity index is 2.54. The van der Waals surface area contributed by atoms with Crippen LogP contribution in [0.1, 0.15) is 13.3 Å². The highest BCUT2D eigenvalue weighted by Crippen LogP contribution is 2.20. The molecule has 1 aliphatic heterocycles. The summed E-state index contributed by atoms with van der Waals surface area (Å²) in [7, 11) is 0. The molecule has 0 saturated carbocycles. The zero-order chi connectivity index (χ0) is 7.56. The summed E-state index contributed by atoms with van der Waals surface area (Å²) in [4.78, 5) is 11.0. The van der Waals surface area contributed by atoms with E-state index < -0.39 is 0 Å². The summed E-state index contributed by atoms with van der Waals surface area (Å²) in [6.45, 7) is 6.15. The van der Waals surface area contributed by atoms with Gasteiger partial charge in [-0.1, -0.05) is 13.5 Å². The minimum atomic E-state index is -0.211. The van der Waals surface area contributed by atoms with Gasteiger partial charge >= 0.3 is 0 Å². The van der Waals surface area contributed by atoms with Crippen LogP contribution < -0.4 is 0 Å². The maximum absolute atomic E-state index is 11.0. The lowest BCUT2D eigenvalue weighted by Gasteiger charge is -2.09. The number of carbonyl (C=O) groups is 1. The average molecular weight is 140 g/mol. The quantitative estimate of drug-likeness (QED) is 0.538. The summed E-state index contributed by atoms with van der Waals surface area (Å²) in [6, 6.07) is 0. The lowest BCUT2D eigenvalue weighted by molar-refractivity contribution is -0.124. The molecule has 0 aromatic heterocycles. The first-order chi connectivity index (χ1) is 4.75. The Hall–Kier alpha value is -0.630. The van der Waals surface area contributed by atoms with Crippen LogP contribution in [0.5, 0.6) is 0 Å². The van der Waals surface area contributed by atoms with E-state index in [4.69, 9.17) is 4.74 Å². The van der Waals surface area contributed by atoms with Gasteiger partial charge in [-0.25, -0.2) is 0 Å². The number of hydrogen-bond acceptors (Lipinski definition) is 2. The first kappa shape index (κ1) is 7.48. The fraction of sp³-hybridized carbons (Fsp3) is 0.625. The highest BCUT2D eigenvalue weighted by molar-refractivity contribution is 5.93. The van der Waals surface area contributed by atoms with Crippen LogP contribution in [-0.2, 0) is 9.53 Å². The van der Waals surface area contributed by atoms with Gasteiger partial charge in [0, 0.05) is 6.61 Å². The number of ketones is 1. The predicted molar refractivity (Wildman–Crippen MR) is 38.7 cm³/mol. The molecule has 0 aliphatic carbocycles. The largest absolute Gasteiger partial charge is 0.370 e. The van der Waals surface area contributed by atoms with Crippen molar-refractivity contribution in [3.05, 3.63) is 12.7 Å². The van der Waals surface area contributed by atoms with Crippen molar-refractivity contribution in [2.24, 2.45) is 5.92 Å². The van der Waals surface area contributed by atoms with E-state index in [2.05, 4.69) is 6.58 Å². The molecule has 10 heavy (non-hydrogen) atoms. The number of ether oxygens (including phenoxy) is 1. The topological polar surface area (TPSA) is 26.3 Å². The monoisotopic (exact) mass is 140 g/mol. The Morgan fingerprint density at radius 1 is 1.80 bits per heavy atom. The minimum absolute atomic E-state index is 0.0185. The van der Waals surface area contributed by atoms with Crippen LogP contribution in [0.3, 0.4) is 0 Å². The van der Waals surface area contributed by atoms with Crippen molar-refractivity contribution in [2.75, 3.05) is 6.61 Å². The second kappa shape index (κ2) is 2.97. The molecule has 0 aromatic carbocycles.